The van der Waals surface area contributed by atoms with Gasteiger partial charge < -0.3 is 9.64 Å². The highest BCUT2D eigenvalue weighted by atomic mass is 32.1. The van der Waals surface area contributed by atoms with Crippen LogP contribution in [0.5, 0.6) is 5.19 Å². The molecule has 3 aliphatic heterocycles. The average molecular weight is 293 g/mol. The molecule has 0 N–H and O–H groups in total. The Hall–Kier alpha value is -0.680. The molecule has 0 amide bonds. The summed E-state index contributed by atoms with van der Waals surface area (Å²) in [6.45, 7) is 10.3. The van der Waals surface area contributed by atoms with E-state index in [1.807, 2.05) is 0 Å². The molecule has 4 heterocycles. The van der Waals surface area contributed by atoms with Crippen LogP contribution in [-0.4, -0.2) is 40.8 Å². The van der Waals surface area contributed by atoms with Gasteiger partial charge in [0.1, 0.15) is 11.1 Å². The Bertz CT molecular complexity index is 479. The minimum absolute atomic E-state index is 0.0645. The van der Waals surface area contributed by atoms with E-state index in [1.165, 1.54) is 32.5 Å². The van der Waals surface area contributed by atoms with Crippen molar-refractivity contribution >= 4 is 11.3 Å². The summed E-state index contributed by atoms with van der Waals surface area (Å²) in [7, 11) is 0. The Morgan fingerprint density at radius 2 is 1.80 bits per heavy atom. The van der Waals surface area contributed by atoms with Crippen molar-refractivity contribution in [2.24, 2.45) is 17.8 Å². The second-order valence-corrected chi connectivity index (χ2v) is 8.72. The van der Waals surface area contributed by atoms with Crippen molar-refractivity contribution in [1.82, 2.24) is 15.1 Å². The summed E-state index contributed by atoms with van der Waals surface area (Å²) in [4.78, 5) is 2.63. The lowest BCUT2D eigenvalue weighted by atomic mass is 9.66. The van der Waals surface area contributed by atoms with Crippen LogP contribution < -0.4 is 4.74 Å². The first-order valence-electron chi connectivity index (χ1n) is 7.72. The molecule has 0 unspecified atom stereocenters. The van der Waals surface area contributed by atoms with Gasteiger partial charge in [0.2, 0.25) is 0 Å². The Balaban J connectivity index is 1.50. The van der Waals surface area contributed by atoms with Crippen molar-refractivity contribution in [3.63, 3.8) is 0 Å². The highest BCUT2D eigenvalue weighted by Gasteiger charge is 2.49. The second kappa shape index (κ2) is 4.41. The molecule has 5 rings (SSSR count). The quantitative estimate of drug-likeness (QED) is 0.840. The number of aromatic nitrogens is 2. The molecule has 2 atom stereocenters. The largest absolute Gasteiger partial charge is 0.465 e. The lowest BCUT2D eigenvalue weighted by Gasteiger charge is -2.55. The maximum Gasteiger partial charge on any atom is 0.294 e. The zero-order valence-corrected chi connectivity index (χ0v) is 13.3. The molecule has 4 aliphatic rings. The zero-order valence-electron chi connectivity index (χ0n) is 12.5. The average Bonchev–Trinajstić information content (AvgIpc) is 2.81. The van der Waals surface area contributed by atoms with Crippen LogP contribution in [-0.2, 0) is 5.41 Å². The SMILES string of the molecule is CC(C)(C)c1nnc(OC2[C@@H]3CC4C[C@@H]2CN(C4)C3)s1. The molecule has 1 aliphatic carbocycles. The zero-order chi connectivity index (χ0) is 13.9. The molecule has 5 heteroatoms. The maximum atomic E-state index is 6.29. The molecule has 4 bridgehead atoms. The number of rotatable bonds is 2. The van der Waals surface area contributed by atoms with Crippen LogP contribution in [0.1, 0.15) is 38.6 Å². The van der Waals surface area contributed by atoms with Gasteiger partial charge in [-0.15, -0.1) is 10.2 Å². The molecule has 3 saturated heterocycles. The van der Waals surface area contributed by atoms with Gasteiger partial charge in [0.25, 0.3) is 5.19 Å². The van der Waals surface area contributed by atoms with Crippen molar-refractivity contribution in [3.8, 4) is 5.19 Å². The third-order valence-electron chi connectivity index (χ3n) is 4.99. The summed E-state index contributed by atoms with van der Waals surface area (Å²) < 4.78 is 6.29. The standard InChI is InChI=1S/C15H23N3OS/c1-15(2,3)13-16-17-14(20-13)19-12-10-4-9-5-11(12)8-18(6-9)7-10/h9-12H,4-8H2,1-3H3/t9?,10-,11-,12?/m1/s1. The van der Waals surface area contributed by atoms with Gasteiger partial charge in [-0.3, -0.25) is 0 Å². The number of hydrogen-bond acceptors (Lipinski definition) is 5. The third-order valence-corrected chi connectivity index (χ3v) is 6.23. The number of hydrogen-bond donors (Lipinski definition) is 0. The molecule has 0 aromatic carbocycles. The van der Waals surface area contributed by atoms with E-state index in [-0.39, 0.29) is 5.41 Å². The first-order chi connectivity index (χ1) is 9.49. The van der Waals surface area contributed by atoms with E-state index in [9.17, 15) is 0 Å². The molecule has 1 aromatic heterocycles. The van der Waals surface area contributed by atoms with E-state index < -0.39 is 0 Å². The molecule has 1 saturated carbocycles. The Morgan fingerprint density at radius 3 is 2.35 bits per heavy atom. The van der Waals surface area contributed by atoms with E-state index in [1.54, 1.807) is 11.3 Å². The molecule has 110 valence electrons. The lowest BCUT2D eigenvalue weighted by Crippen LogP contribution is -2.61. The van der Waals surface area contributed by atoms with Gasteiger partial charge in [-0.25, -0.2) is 0 Å². The highest BCUT2D eigenvalue weighted by molar-refractivity contribution is 7.13. The first kappa shape index (κ1) is 13.0. The smallest absolute Gasteiger partial charge is 0.294 e. The topological polar surface area (TPSA) is 38.3 Å². The maximum absolute atomic E-state index is 6.29. The molecular formula is C15H23N3OS. The van der Waals surface area contributed by atoms with Crippen LogP contribution in [0.15, 0.2) is 0 Å². The molecule has 4 fully saturated rings. The predicted molar refractivity (Wildman–Crippen MR) is 79.2 cm³/mol. The van der Waals surface area contributed by atoms with Crippen LogP contribution >= 0.6 is 11.3 Å². The Morgan fingerprint density at radius 1 is 1.10 bits per heavy atom. The molecule has 1 aromatic rings. The van der Waals surface area contributed by atoms with E-state index >= 15 is 0 Å². The van der Waals surface area contributed by atoms with E-state index in [0.717, 1.165) is 16.1 Å². The number of piperidine rings is 3. The number of nitrogens with zero attached hydrogens (tertiary/aromatic N) is 3. The van der Waals surface area contributed by atoms with E-state index in [4.69, 9.17) is 4.74 Å². The summed E-state index contributed by atoms with van der Waals surface area (Å²) in [5.74, 6) is 2.35. The van der Waals surface area contributed by atoms with Gasteiger partial charge in [-0.1, -0.05) is 32.1 Å². The molecular weight excluding hydrogens is 270 g/mol. The van der Waals surface area contributed by atoms with Gasteiger partial charge >= 0.3 is 0 Å². The monoisotopic (exact) mass is 293 g/mol. The van der Waals surface area contributed by atoms with E-state index in [0.29, 0.717) is 17.9 Å². The van der Waals surface area contributed by atoms with Gasteiger partial charge in [-0.2, -0.15) is 0 Å². The van der Waals surface area contributed by atoms with Crippen molar-refractivity contribution < 1.29 is 4.74 Å². The van der Waals surface area contributed by atoms with Crippen LogP contribution in [0.4, 0.5) is 0 Å². The van der Waals surface area contributed by atoms with Gasteiger partial charge in [-0.05, 0) is 18.8 Å². The molecule has 0 radical (unpaired) electrons. The Labute approximate surface area is 124 Å². The predicted octanol–water partition coefficient (Wildman–Crippen LogP) is 2.55. The van der Waals surface area contributed by atoms with Crippen molar-refractivity contribution in [1.29, 1.82) is 0 Å². The Kier molecular flexibility index (Phi) is 2.87. The van der Waals surface area contributed by atoms with Crippen molar-refractivity contribution in [2.45, 2.75) is 45.1 Å². The second-order valence-electron chi connectivity index (χ2n) is 7.78. The van der Waals surface area contributed by atoms with Gasteiger partial charge in [0, 0.05) is 36.9 Å². The third kappa shape index (κ3) is 2.15. The van der Waals surface area contributed by atoms with Crippen LogP contribution in [0.25, 0.3) is 0 Å². The summed E-state index contributed by atoms with van der Waals surface area (Å²) >= 11 is 1.63. The van der Waals surface area contributed by atoms with Crippen molar-refractivity contribution in [3.05, 3.63) is 5.01 Å². The molecule has 0 spiro atoms. The minimum atomic E-state index is 0.0645. The fourth-order valence-corrected chi connectivity index (χ4v) is 5.03. The van der Waals surface area contributed by atoms with Crippen LogP contribution in [0.3, 0.4) is 0 Å². The summed E-state index contributed by atoms with van der Waals surface area (Å²) in [5.41, 5.74) is 0.0645. The van der Waals surface area contributed by atoms with E-state index in [2.05, 4.69) is 35.9 Å². The normalized spacial score (nSPS) is 39.2. The summed E-state index contributed by atoms with van der Waals surface area (Å²) in [5, 5.41) is 10.4. The number of ether oxygens (including phenoxy) is 1. The minimum Gasteiger partial charge on any atom is -0.465 e. The fraction of sp³-hybridized carbons (Fsp3) is 0.867. The summed E-state index contributed by atoms with van der Waals surface area (Å²) in [6.07, 6.45) is 3.08. The lowest BCUT2D eigenvalue weighted by molar-refractivity contribution is -0.0986. The summed E-state index contributed by atoms with van der Waals surface area (Å²) in [6, 6.07) is 0. The fourth-order valence-electron chi connectivity index (χ4n) is 4.23. The van der Waals surface area contributed by atoms with Crippen LogP contribution in [0, 0.1) is 17.8 Å². The van der Waals surface area contributed by atoms with Gasteiger partial charge in [0.15, 0.2) is 0 Å². The molecule has 4 nitrogen and oxygen atoms in total. The molecule has 20 heavy (non-hydrogen) atoms. The van der Waals surface area contributed by atoms with Gasteiger partial charge in [0.05, 0.1) is 0 Å². The first-order valence-corrected chi connectivity index (χ1v) is 8.53. The van der Waals surface area contributed by atoms with Crippen LogP contribution in [0.2, 0.25) is 0 Å². The van der Waals surface area contributed by atoms with Crippen molar-refractivity contribution in [2.75, 3.05) is 19.6 Å². The highest BCUT2D eigenvalue weighted by Crippen LogP contribution is 2.45.